The highest BCUT2D eigenvalue weighted by Gasteiger charge is 2.12. The van der Waals surface area contributed by atoms with Crippen LogP contribution in [0.25, 0.3) is 0 Å². The molecule has 0 fully saturated rings. The van der Waals surface area contributed by atoms with Gasteiger partial charge in [-0.25, -0.2) is 10.4 Å². The fourth-order valence-corrected chi connectivity index (χ4v) is 1.92. The van der Waals surface area contributed by atoms with E-state index in [1.54, 1.807) is 6.20 Å². The lowest BCUT2D eigenvalue weighted by molar-refractivity contribution is 0.636. The molecule has 1 aromatic heterocycles. The van der Waals surface area contributed by atoms with Crippen molar-refractivity contribution in [1.29, 1.82) is 0 Å². The minimum absolute atomic E-state index is 0.0731. The first kappa shape index (κ1) is 12.0. The van der Waals surface area contributed by atoms with Crippen molar-refractivity contribution < 1.29 is 0 Å². The van der Waals surface area contributed by atoms with Gasteiger partial charge in [0.05, 0.1) is 6.04 Å². The number of aryl methyl sites for hydroxylation is 1. The first-order valence-electron chi connectivity index (χ1n) is 5.35. The first-order valence-corrected chi connectivity index (χ1v) is 5.72. The maximum Gasteiger partial charge on any atom is 0.129 e. The van der Waals surface area contributed by atoms with Gasteiger partial charge < -0.3 is 0 Å². The van der Waals surface area contributed by atoms with Crippen LogP contribution in [0.4, 0.5) is 0 Å². The molecule has 1 atom stereocenters. The molecule has 0 saturated carbocycles. The van der Waals surface area contributed by atoms with Crippen molar-refractivity contribution >= 4 is 11.6 Å². The van der Waals surface area contributed by atoms with Crippen LogP contribution in [-0.4, -0.2) is 4.98 Å². The third-order valence-corrected chi connectivity index (χ3v) is 2.87. The zero-order chi connectivity index (χ0) is 12.3. The number of halogens is 1. The molecule has 0 aliphatic rings. The molecule has 1 heterocycles. The zero-order valence-electron chi connectivity index (χ0n) is 9.52. The molecule has 0 spiro atoms. The second-order valence-electron chi connectivity index (χ2n) is 3.92. The number of hydrogen-bond acceptors (Lipinski definition) is 3. The molecule has 3 nitrogen and oxygen atoms in total. The molecule has 0 radical (unpaired) electrons. The van der Waals surface area contributed by atoms with Gasteiger partial charge >= 0.3 is 0 Å². The SMILES string of the molecule is Cc1ccc(C(NN)c2ccnc(Cl)c2)cc1. The van der Waals surface area contributed by atoms with Gasteiger partial charge in [0.15, 0.2) is 0 Å². The summed E-state index contributed by atoms with van der Waals surface area (Å²) in [5.41, 5.74) is 6.11. The van der Waals surface area contributed by atoms with Crippen LogP contribution < -0.4 is 11.3 Å². The number of benzene rings is 1. The first-order chi connectivity index (χ1) is 8.20. The van der Waals surface area contributed by atoms with Gasteiger partial charge in [0, 0.05) is 6.20 Å². The standard InChI is InChI=1S/C13H14ClN3/c1-9-2-4-10(5-3-9)13(17-15)11-6-7-16-12(14)8-11/h2-8,13,17H,15H2,1H3. The van der Waals surface area contributed by atoms with E-state index in [0.29, 0.717) is 5.15 Å². The second kappa shape index (κ2) is 5.27. The number of pyridine rings is 1. The molecule has 0 aliphatic carbocycles. The Morgan fingerprint density at radius 1 is 1.18 bits per heavy atom. The highest BCUT2D eigenvalue weighted by molar-refractivity contribution is 6.29. The molecule has 17 heavy (non-hydrogen) atoms. The summed E-state index contributed by atoms with van der Waals surface area (Å²) in [4.78, 5) is 3.96. The van der Waals surface area contributed by atoms with Gasteiger partial charge in [-0.1, -0.05) is 41.4 Å². The van der Waals surface area contributed by atoms with Crippen LogP contribution in [0.3, 0.4) is 0 Å². The lowest BCUT2D eigenvalue weighted by Crippen LogP contribution is -2.28. The quantitative estimate of drug-likeness (QED) is 0.498. The smallest absolute Gasteiger partial charge is 0.129 e. The Morgan fingerprint density at radius 3 is 2.47 bits per heavy atom. The summed E-state index contributed by atoms with van der Waals surface area (Å²) in [5, 5.41) is 0.467. The number of rotatable bonds is 3. The Labute approximate surface area is 106 Å². The zero-order valence-corrected chi connectivity index (χ0v) is 10.3. The minimum atomic E-state index is -0.0731. The summed E-state index contributed by atoms with van der Waals surface area (Å²) in [5.74, 6) is 5.61. The summed E-state index contributed by atoms with van der Waals surface area (Å²) in [7, 11) is 0. The van der Waals surface area contributed by atoms with Crippen LogP contribution in [0.5, 0.6) is 0 Å². The van der Waals surface area contributed by atoms with Gasteiger partial charge in [0.1, 0.15) is 5.15 Å². The summed E-state index contributed by atoms with van der Waals surface area (Å²) in [6, 6.07) is 11.9. The van der Waals surface area contributed by atoms with Crippen molar-refractivity contribution in [3.05, 3.63) is 64.4 Å². The summed E-state index contributed by atoms with van der Waals surface area (Å²) in [6.07, 6.45) is 1.68. The lowest BCUT2D eigenvalue weighted by atomic mass is 9.99. The Balaban J connectivity index is 2.36. The molecule has 1 aromatic carbocycles. The van der Waals surface area contributed by atoms with Gasteiger partial charge in [-0.15, -0.1) is 0 Å². The van der Waals surface area contributed by atoms with Gasteiger partial charge in [-0.05, 0) is 30.2 Å². The molecular weight excluding hydrogens is 234 g/mol. The van der Waals surface area contributed by atoms with Crippen molar-refractivity contribution in [2.45, 2.75) is 13.0 Å². The predicted molar refractivity (Wildman–Crippen MR) is 69.6 cm³/mol. The van der Waals surface area contributed by atoms with Crippen LogP contribution >= 0.6 is 11.6 Å². The summed E-state index contributed by atoms with van der Waals surface area (Å²) < 4.78 is 0. The van der Waals surface area contributed by atoms with Crippen LogP contribution in [0, 0.1) is 6.92 Å². The normalized spacial score (nSPS) is 12.4. The van der Waals surface area contributed by atoms with E-state index in [9.17, 15) is 0 Å². The van der Waals surface area contributed by atoms with Gasteiger partial charge in [0.25, 0.3) is 0 Å². The van der Waals surface area contributed by atoms with E-state index < -0.39 is 0 Å². The van der Waals surface area contributed by atoms with Crippen molar-refractivity contribution in [3.63, 3.8) is 0 Å². The third-order valence-electron chi connectivity index (χ3n) is 2.66. The monoisotopic (exact) mass is 247 g/mol. The highest BCUT2D eigenvalue weighted by atomic mass is 35.5. The predicted octanol–water partition coefficient (Wildman–Crippen LogP) is 2.60. The van der Waals surface area contributed by atoms with Crippen molar-refractivity contribution in [2.75, 3.05) is 0 Å². The second-order valence-corrected chi connectivity index (χ2v) is 4.31. The molecule has 88 valence electrons. The van der Waals surface area contributed by atoms with Gasteiger partial charge in [0.2, 0.25) is 0 Å². The van der Waals surface area contributed by atoms with Crippen LogP contribution in [-0.2, 0) is 0 Å². The average Bonchev–Trinajstić information content (AvgIpc) is 2.33. The molecule has 0 aliphatic heterocycles. The van der Waals surface area contributed by atoms with Crippen LogP contribution in [0.1, 0.15) is 22.7 Å². The Hall–Kier alpha value is -1.42. The Kier molecular flexibility index (Phi) is 3.74. The fraction of sp³-hybridized carbons (Fsp3) is 0.154. The molecule has 0 saturated heterocycles. The van der Waals surface area contributed by atoms with Crippen molar-refractivity contribution in [1.82, 2.24) is 10.4 Å². The van der Waals surface area contributed by atoms with E-state index in [1.165, 1.54) is 5.56 Å². The molecule has 2 aromatic rings. The lowest BCUT2D eigenvalue weighted by Gasteiger charge is -2.17. The summed E-state index contributed by atoms with van der Waals surface area (Å²) in [6.45, 7) is 2.05. The maximum atomic E-state index is 5.88. The number of nitrogens with one attached hydrogen (secondary N) is 1. The number of hydrogen-bond donors (Lipinski definition) is 2. The van der Waals surface area contributed by atoms with E-state index in [4.69, 9.17) is 17.4 Å². The highest BCUT2D eigenvalue weighted by Crippen LogP contribution is 2.22. The molecular formula is C13H14ClN3. The van der Waals surface area contributed by atoms with Crippen molar-refractivity contribution in [2.24, 2.45) is 5.84 Å². The Morgan fingerprint density at radius 2 is 1.88 bits per heavy atom. The number of nitrogens with zero attached hydrogens (tertiary/aromatic N) is 1. The topological polar surface area (TPSA) is 50.9 Å². The number of nitrogens with two attached hydrogens (primary N) is 1. The maximum absolute atomic E-state index is 5.88. The summed E-state index contributed by atoms with van der Waals surface area (Å²) >= 11 is 5.88. The number of aromatic nitrogens is 1. The van der Waals surface area contributed by atoms with Crippen molar-refractivity contribution in [3.8, 4) is 0 Å². The Bertz CT molecular complexity index is 496. The molecule has 0 bridgehead atoms. The largest absolute Gasteiger partial charge is 0.271 e. The number of hydrazine groups is 1. The van der Waals surface area contributed by atoms with E-state index in [-0.39, 0.29) is 6.04 Å². The fourth-order valence-electron chi connectivity index (χ4n) is 1.74. The third kappa shape index (κ3) is 2.82. The minimum Gasteiger partial charge on any atom is -0.271 e. The van der Waals surface area contributed by atoms with E-state index in [2.05, 4.69) is 29.5 Å². The van der Waals surface area contributed by atoms with E-state index >= 15 is 0 Å². The van der Waals surface area contributed by atoms with Crippen LogP contribution in [0.2, 0.25) is 5.15 Å². The van der Waals surface area contributed by atoms with E-state index in [0.717, 1.165) is 11.1 Å². The average molecular weight is 248 g/mol. The van der Waals surface area contributed by atoms with Crippen LogP contribution in [0.15, 0.2) is 42.6 Å². The van der Waals surface area contributed by atoms with E-state index in [1.807, 2.05) is 24.3 Å². The van der Waals surface area contributed by atoms with Gasteiger partial charge in [-0.2, -0.15) is 0 Å². The van der Waals surface area contributed by atoms with Gasteiger partial charge in [-0.3, -0.25) is 5.84 Å². The molecule has 2 rings (SSSR count). The molecule has 1 unspecified atom stereocenters. The molecule has 4 heteroatoms. The molecule has 0 amide bonds. The molecule has 3 N–H and O–H groups in total.